The van der Waals surface area contributed by atoms with E-state index in [1.54, 1.807) is 0 Å². The molecule has 0 bridgehead atoms. The number of hydrogen-bond acceptors (Lipinski definition) is 6. The van der Waals surface area contributed by atoms with Gasteiger partial charge in [-0.1, -0.05) is 37.8 Å². The average molecular weight is 703 g/mol. The Balaban J connectivity index is 0.797. The van der Waals surface area contributed by atoms with Crippen molar-refractivity contribution in [2.75, 3.05) is 0 Å². The van der Waals surface area contributed by atoms with Gasteiger partial charge in [-0.15, -0.1) is 12.8 Å². The minimum Gasteiger partial charge on any atom is -0.427 e. The summed E-state index contributed by atoms with van der Waals surface area (Å²) < 4.78 is 11.5. The van der Waals surface area contributed by atoms with Crippen molar-refractivity contribution >= 4 is 11.9 Å². The maximum Gasteiger partial charge on any atom is 0.311 e. The quantitative estimate of drug-likeness (QED) is 0.131. The highest BCUT2D eigenvalue weighted by Gasteiger charge is 2.62. The smallest absolute Gasteiger partial charge is 0.311 e. The number of benzene rings is 2. The van der Waals surface area contributed by atoms with Crippen LogP contribution in [0.15, 0.2) is 36.4 Å². The van der Waals surface area contributed by atoms with E-state index in [1.807, 2.05) is 24.3 Å². The third kappa shape index (κ3) is 5.54. The first-order valence-electron chi connectivity index (χ1n) is 20.0. The van der Waals surface area contributed by atoms with Crippen molar-refractivity contribution in [1.29, 1.82) is 0 Å². The fraction of sp³-hybridized carbons (Fsp3) is 0.609. The van der Waals surface area contributed by atoms with Crippen LogP contribution in [-0.2, 0) is 22.4 Å². The molecule has 6 nitrogen and oxygen atoms in total. The summed E-state index contributed by atoms with van der Waals surface area (Å²) in [6.07, 6.45) is 24.5. The fourth-order valence-electron chi connectivity index (χ4n) is 12.7. The third-order valence-electron chi connectivity index (χ3n) is 15.7. The van der Waals surface area contributed by atoms with Crippen molar-refractivity contribution in [3.05, 3.63) is 58.7 Å². The molecule has 0 spiro atoms. The lowest BCUT2D eigenvalue weighted by atomic mass is 9.53. The first-order chi connectivity index (χ1) is 24.9. The van der Waals surface area contributed by atoms with Crippen molar-refractivity contribution < 1.29 is 29.3 Å². The van der Waals surface area contributed by atoms with Crippen LogP contribution in [-0.4, -0.2) is 33.4 Å². The number of terminal acetylenes is 2. The van der Waals surface area contributed by atoms with Gasteiger partial charge in [-0.25, -0.2) is 0 Å². The summed E-state index contributed by atoms with van der Waals surface area (Å²) in [5.41, 5.74) is 2.82. The molecule has 4 saturated carbocycles. The SMILES string of the molecule is C#C[C@]1(O)CC[C@H]2[C@@H]3CCc4cc(OC(=O)CCCCC(=O)Oc5ccc6c(c5)CC[C@@H]5[C@@H]6CC[C@@]6(C)[C@H]5CC[C@@]6(O)C#C)ccc4[C@H]3CC[C@@]21C. The lowest BCUT2D eigenvalue weighted by molar-refractivity contribution is -0.136. The van der Waals surface area contributed by atoms with Crippen molar-refractivity contribution in [2.45, 2.75) is 140 Å². The zero-order chi connectivity index (χ0) is 36.5. The molecule has 8 rings (SSSR count). The molecule has 2 aromatic carbocycles. The van der Waals surface area contributed by atoms with Crippen LogP contribution in [0.4, 0.5) is 0 Å². The van der Waals surface area contributed by atoms with Crippen molar-refractivity contribution in [2.24, 2.45) is 34.5 Å². The highest BCUT2D eigenvalue weighted by atomic mass is 16.5. The molecule has 274 valence electrons. The summed E-state index contributed by atoms with van der Waals surface area (Å²) in [6.45, 7) is 4.41. The Morgan fingerprint density at radius 2 is 1.10 bits per heavy atom. The van der Waals surface area contributed by atoms with Gasteiger partial charge in [0, 0.05) is 23.7 Å². The Bertz CT molecular complexity index is 1720. The second-order valence-electron chi connectivity index (χ2n) is 17.7. The van der Waals surface area contributed by atoms with Gasteiger partial charge in [-0.3, -0.25) is 9.59 Å². The largest absolute Gasteiger partial charge is 0.427 e. The highest BCUT2D eigenvalue weighted by molar-refractivity contribution is 5.74. The number of fused-ring (bicyclic) bond motifs is 10. The van der Waals surface area contributed by atoms with Crippen molar-refractivity contribution in [3.8, 4) is 36.2 Å². The average Bonchev–Trinajstić information content (AvgIpc) is 3.58. The molecule has 0 amide bonds. The molecule has 0 heterocycles. The third-order valence-corrected chi connectivity index (χ3v) is 15.7. The summed E-state index contributed by atoms with van der Waals surface area (Å²) in [5, 5.41) is 22.4. The van der Waals surface area contributed by atoms with E-state index in [9.17, 15) is 19.8 Å². The molecule has 4 fully saturated rings. The van der Waals surface area contributed by atoms with Gasteiger partial charge in [-0.2, -0.15) is 0 Å². The van der Waals surface area contributed by atoms with Gasteiger partial charge in [0.2, 0.25) is 0 Å². The number of aliphatic hydroxyl groups is 2. The van der Waals surface area contributed by atoms with Crippen molar-refractivity contribution in [1.82, 2.24) is 0 Å². The summed E-state index contributed by atoms with van der Waals surface area (Å²) in [5.74, 6) is 8.93. The molecular formula is C46H54O6. The summed E-state index contributed by atoms with van der Waals surface area (Å²) in [6, 6.07) is 12.2. The van der Waals surface area contributed by atoms with Crippen LogP contribution in [0.5, 0.6) is 11.5 Å². The first kappa shape index (κ1) is 35.4. The topological polar surface area (TPSA) is 93.1 Å². The van der Waals surface area contributed by atoms with Gasteiger partial charge in [0.25, 0.3) is 0 Å². The van der Waals surface area contributed by atoms with Gasteiger partial charge in [0.05, 0.1) is 0 Å². The molecule has 6 aliphatic rings. The van der Waals surface area contributed by atoms with Crippen molar-refractivity contribution in [3.63, 3.8) is 0 Å². The maximum atomic E-state index is 12.8. The Morgan fingerprint density at radius 1 is 0.673 bits per heavy atom. The van der Waals surface area contributed by atoms with E-state index in [0.29, 0.717) is 72.7 Å². The van der Waals surface area contributed by atoms with E-state index in [4.69, 9.17) is 22.3 Å². The summed E-state index contributed by atoms with van der Waals surface area (Å²) >= 11 is 0. The first-order valence-corrected chi connectivity index (χ1v) is 20.0. The van der Waals surface area contributed by atoms with Gasteiger partial charge in [-0.05, 0) is 172 Å². The second-order valence-corrected chi connectivity index (χ2v) is 17.7. The number of rotatable bonds is 7. The summed E-state index contributed by atoms with van der Waals surface area (Å²) in [4.78, 5) is 25.5. The van der Waals surface area contributed by atoms with Crippen LogP contribution >= 0.6 is 0 Å². The Labute approximate surface area is 309 Å². The number of hydrogen-bond donors (Lipinski definition) is 2. The van der Waals surface area contributed by atoms with Gasteiger partial charge in [0.15, 0.2) is 0 Å². The Morgan fingerprint density at radius 3 is 1.50 bits per heavy atom. The number of carbonyl (C=O) groups is 2. The molecule has 0 aromatic heterocycles. The van der Waals surface area contributed by atoms with E-state index in [-0.39, 0.29) is 35.6 Å². The van der Waals surface area contributed by atoms with Gasteiger partial charge < -0.3 is 19.7 Å². The maximum absolute atomic E-state index is 12.8. The van der Waals surface area contributed by atoms with Gasteiger partial charge >= 0.3 is 11.9 Å². The summed E-state index contributed by atoms with van der Waals surface area (Å²) in [7, 11) is 0. The van der Waals surface area contributed by atoms with Gasteiger partial charge in [0.1, 0.15) is 22.7 Å². The van der Waals surface area contributed by atoms with E-state index in [2.05, 4.69) is 37.8 Å². The Hall–Kier alpha value is -3.58. The predicted molar refractivity (Wildman–Crippen MR) is 199 cm³/mol. The molecule has 0 radical (unpaired) electrons. The number of ether oxygens (including phenoxy) is 2. The molecule has 0 unspecified atom stereocenters. The van der Waals surface area contributed by atoms with Crippen LogP contribution in [0.25, 0.3) is 0 Å². The fourth-order valence-corrected chi connectivity index (χ4v) is 12.7. The number of carbonyl (C=O) groups excluding carboxylic acids is 2. The highest BCUT2D eigenvalue weighted by Crippen LogP contribution is 2.65. The van der Waals surface area contributed by atoms with Crippen LogP contribution in [0.3, 0.4) is 0 Å². The van der Waals surface area contributed by atoms with Crippen LogP contribution in [0.2, 0.25) is 0 Å². The van der Waals surface area contributed by atoms with Crippen LogP contribution in [0, 0.1) is 59.2 Å². The minimum absolute atomic E-state index is 0.216. The predicted octanol–water partition coefficient (Wildman–Crippen LogP) is 8.20. The molecule has 0 saturated heterocycles. The number of esters is 2. The molecule has 0 aliphatic heterocycles. The van der Waals surface area contributed by atoms with E-state index in [0.717, 1.165) is 64.2 Å². The Kier molecular flexibility index (Phi) is 8.91. The minimum atomic E-state index is -0.997. The molecule has 6 aliphatic carbocycles. The lowest BCUT2D eigenvalue weighted by Crippen LogP contribution is -2.50. The molecular weight excluding hydrogens is 649 g/mol. The molecule has 10 atom stereocenters. The van der Waals surface area contributed by atoms with E-state index < -0.39 is 11.2 Å². The molecule has 2 N–H and O–H groups in total. The molecule has 2 aromatic rings. The van der Waals surface area contributed by atoms with Crippen LogP contribution < -0.4 is 9.47 Å². The second kappa shape index (κ2) is 13.1. The normalized spacial score (nSPS) is 38.2. The van der Waals surface area contributed by atoms with Crippen LogP contribution in [0.1, 0.15) is 138 Å². The zero-order valence-electron chi connectivity index (χ0n) is 30.9. The van der Waals surface area contributed by atoms with E-state index >= 15 is 0 Å². The number of unbranched alkanes of at least 4 members (excludes halogenated alkanes) is 1. The monoisotopic (exact) mass is 702 g/mol. The molecule has 52 heavy (non-hydrogen) atoms. The standard InChI is InChI=1S/C46H54O6/c1-5-45(49)25-21-39-37-15-11-29-27-31(13-17-33(29)35(37)19-23-43(39,45)3)51-41(47)9-7-8-10-42(48)52-32-14-18-34-30(28-32)12-16-38-36(34)20-24-44(4)40(38)22-26-46(44,50)6-2/h1-2,13-14,17-18,27-28,35-40,49-50H,7-12,15-16,19-26H2,3-4H3/t35-,36-,37-,38-,39+,40+,43+,44+,45+,46+/m1/s1. The molecule has 6 heteroatoms. The van der Waals surface area contributed by atoms with E-state index in [1.165, 1.54) is 22.3 Å². The number of aryl methyl sites for hydroxylation is 2. The zero-order valence-corrected chi connectivity index (χ0v) is 30.9. The lowest BCUT2D eigenvalue weighted by Gasteiger charge is -2.52.